The van der Waals surface area contributed by atoms with Crippen molar-refractivity contribution in [3.63, 3.8) is 0 Å². The van der Waals surface area contributed by atoms with Crippen LogP contribution in [0.15, 0.2) is 18.2 Å². The summed E-state index contributed by atoms with van der Waals surface area (Å²) in [5.74, 6) is -0.922. The molecule has 0 spiro atoms. The fraction of sp³-hybridized carbons (Fsp3) is 0.467. The minimum Gasteiger partial charge on any atom is -0.478 e. The lowest BCUT2D eigenvalue weighted by Gasteiger charge is -2.32. The molecule has 112 valence electrons. The van der Waals surface area contributed by atoms with Gasteiger partial charge >= 0.3 is 12.0 Å². The van der Waals surface area contributed by atoms with Gasteiger partial charge in [0.1, 0.15) is 0 Å². The first-order valence-corrected chi connectivity index (χ1v) is 7.12. The number of β-amino-alcohol motifs (C(OH)–C–C–N with tert-alkyl or cyclic N) is 1. The van der Waals surface area contributed by atoms with E-state index in [1.807, 2.05) is 6.07 Å². The van der Waals surface area contributed by atoms with Gasteiger partial charge in [0.2, 0.25) is 0 Å². The monoisotopic (exact) mass is 290 g/mol. The zero-order valence-electron chi connectivity index (χ0n) is 11.7. The number of rotatable bonds is 1. The predicted molar refractivity (Wildman–Crippen MR) is 75.1 cm³/mol. The third-order valence-corrected chi connectivity index (χ3v) is 4.20. The smallest absolute Gasteiger partial charge is 0.335 e. The largest absolute Gasteiger partial charge is 0.478 e. The van der Waals surface area contributed by atoms with Gasteiger partial charge in [-0.15, -0.1) is 0 Å². The Morgan fingerprint density at radius 2 is 2.00 bits per heavy atom. The van der Waals surface area contributed by atoms with Crippen molar-refractivity contribution in [3.8, 4) is 0 Å². The van der Waals surface area contributed by atoms with Crippen molar-refractivity contribution >= 4 is 12.0 Å². The van der Waals surface area contributed by atoms with Gasteiger partial charge in [-0.25, -0.2) is 9.59 Å². The van der Waals surface area contributed by atoms with Crippen molar-refractivity contribution in [2.75, 3.05) is 19.6 Å². The van der Waals surface area contributed by atoms with E-state index in [0.717, 1.165) is 11.1 Å². The number of aliphatic hydroxyl groups excluding tert-OH is 1. The number of amides is 2. The van der Waals surface area contributed by atoms with Gasteiger partial charge in [0.25, 0.3) is 0 Å². The highest BCUT2D eigenvalue weighted by Gasteiger charge is 2.30. The number of carbonyl (C=O) groups is 2. The molecule has 0 aliphatic carbocycles. The Bertz CT molecular complexity index is 587. The van der Waals surface area contributed by atoms with Gasteiger partial charge < -0.3 is 20.0 Å². The second-order valence-corrected chi connectivity index (χ2v) is 5.59. The van der Waals surface area contributed by atoms with E-state index in [-0.39, 0.29) is 6.03 Å². The van der Waals surface area contributed by atoms with Crippen LogP contribution in [0.1, 0.15) is 27.9 Å². The van der Waals surface area contributed by atoms with E-state index < -0.39 is 12.1 Å². The second-order valence-electron chi connectivity index (χ2n) is 5.59. The van der Waals surface area contributed by atoms with Gasteiger partial charge in [-0.1, -0.05) is 12.1 Å². The molecule has 2 aliphatic heterocycles. The molecule has 2 heterocycles. The van der Waals surface area contributed by atoms with Gasteiger partial charge in [0.15, 0.2) is 0 Å². The molecule has 2 amide bonds. The van der Waals surface area contributed by atoms with Crippen molar-refractivity contribution < 1.29 is 19.8 Å². The molecule has 0 saturated carbocycles. The van der Waals surface area contributed by atoms with Gasteiger partial charge in [0, 0.05) is 26.2 Å². The van der Waals surface area contributed by atoms with Crippen LogP contribution in [0.4, 0.5) is 4.79 Å². The maximum atomic E-state index is 12.4. The fourth-order valence-corrected chi connectivity index (χ4v) is 3.09. The van der Waals surface area contributed by atoms with Crippen LogP contribution < -0.4 is 0 Å². The molecule has 1 atom stereocenters. The van der Waals surface area contributed by atoms with E-state index in [0.29, 0.717) is 44.6 Å². The van der Waals surface area contributed by atoms with Crippen molar-refractivity contribution in [1.29, 1.82) is 0 Å². The number of aliphatic hydroxyl groups is 1. The number of nitrogens with zero attached hydrogens (tertiary/aromatic N) is 2. The average molecular weight is 290 g/mol. The SMILES string of the molecule is O=C(O)c1cccc2c1CCN(C(=O)N1CCC(O)C1)C2. The van der Waals surface area contributed by atoms with Crippen molar-refractivity contribution in [2.24, 2.45) is 0 Å². The van der Waals surface area contributed by atoms with E-state index >= 15 is 0 Å². The van der Waals surface area contributed by atoms with Crippen LogP contribution in [-0.2, 0) is 13.0 Å². The Hall–Kier alpha value is -2.08. The van der Waals surface area contributed by atoms with Gasteiger partial charge in [0.05, 0.1) is 11.7 Å². The van der Waals surface area contributed by atoms with Crippen LogP contribution >= 0.6 is 0 Å². The fourth-order valence-electron chi connectivity index (χ4n) is 3.09. The van der Waals surface area contributed by atoms with E-state index in [1.165, 1.54) is 0 Å². The number of likely N-dealkylation sites (tertiary alicyclic amines) is 1. The minimum atomic E-state index is -0.922. The highest BCUT2D eigenvalue weighted by atomic mass is 16.4. The number of carbonyl (C=O) groups excluding carboxylic acids is 1. The number of carboxylic acids is 1. The Labute approximate surface area is 122 Å². The summed E-state index contributed by atoms with van der Waals surface area (Å²) in [5.41, 5.74) is 2.06. The van der Waals surface area contributed by atoms with Crippen molar-refractivity contribution in [2.45, 2.75) is 25.5 Å². The zero-order valence-corrected chi connectivity index (χ0v) is 11.7. The van der Waals surface area contributed by atoms with Crippen molar-refractivity contribution in [3.05, 3.63) is 34.9 Å². The maximum Gasteiger partial charge on any atom is 0.335 e. The summed E-state index contributed by atoms with van der Waals surface area (Å²) < 4.78 is 0. The van der Waals surface area contributed by atoms with Gasteiger partial charge in [-0.2, -0.15) is 0 Å². The topological polar surface area (TPSA) is 81.1 Å². The molecule has 6 nitrogen and oxygen atoms in total. The third kappa shape index (κ3) is 2.58. The molecular weight excluding hydrogens is 272 g/mol. The minimum absolute atomic E-state index is 0.0714. The van der Waals surface area contributed by atoms with Crippen LogP contribution in [0, 0.1) is 0 Å². The Morgan fingerprint density at radius 1 is 1.19 bits per heavy atom. The Balaban J connectivity index is 1.77. The number of urea groups is 1. The van der Waals surface area contributed by atoms with E-state index in [2.05, 4.69) is 0 Å². The molecule has 0 bridgehead atoms. The molecule has 2 aliphatic rings. The first kappa shape index (κ1) is 13.9. The molecule has 1 fully saturated rings. The molecule has 0 aromatic heterocycles. The van der Waals surface area contributed by atoms with Crippen LogP contribution in [-0.4, -0.2) is 57.8 Å². The lowest BCUT2D eigenvalue weighted by molar-refractivity contribution is 0.0695. The van der Waals surface area contributed by atoms with Gasteiger partial charge in [-0.3, -0.25) is 0 Å². The predicted octanol–water partition coefficient (Wildman–Crippen LogP) is 0.929. The molecule has 2 N–H and O–H groups in total. The van der Waals surface area contributed by atoms with Crippen LogP contribution in [0.25, 0.3) is 0 Å². The number of carboxylic acid groups (broad SMARTS) is 1. The standard InChI is InChI=1S/C15H18N2O4/c18-11-4-6-17(9-11)15(21)16-7-5-12-10(8-16)2-1-3-13(12)14(19)20/h1-3,11,18H,4-9H2,(H,19,20). The summed E-state index contributed by atoms with van der Waals surface area (Å²) in [6.07, 6.45) is 0.754. The normalized spacial score (nSPS) is 21.3. The molecule has 1 saturated heterocycles. The van der Waals surface area contributed by atoms with E-state index in [1.54, 1.807) is 21.9 Å². The first-order chi connectivity index (χ1) is 10.1. The van der Waals surface area contributed by atoms with Crippen LogP contribution in [0.3, 0.4) is 0 Å². The number of benzene rings is 1. The summed E-state index contributed by atoms with van der Waals surface area (Å²) in [6.45, 7) is 1.92. The summed E-state index contributed by atoms with van der Waals surface area (Å²) in [4.78, 5) is 27.0. The molecule has 1 unspecified atom stereocenters. The summed E-state index contributed by atoms with van der Waals surface area (Å²) >= 11 is 0. The molecule has 6 heteroatoms. The quantitative estimate of drug-likeness (QED) is 0.806. The number of aromatic carboxylic acids is 1. The lowest BCUT2D eigenvalue weighted by atomic mass is 9.94. The Morgan fingerprint density at radius 3 is 2.67 bits per heavy atom. The lowest BCUT2D eigenvalue weighted by Crippen LogP contribution is -2.44. The zero-order chi connectivity index (χ0) is 15.0. The third-order valence-electron chi connectivity index (χ3n) is 4.20. The first-order valence-electron chi connectivity index (χ1n) is 7.12. The highest BCUT2D eigenvalue weighted by molar-refractivity contribution is 5.90. The molecular formula is C15H18N2O4. The molecule has 21 heavy (non-hydrogen) atoms. The second kappa shape index (κ2) is 5.37. The molecule has 3 rings (SSSR count). The molecule has 0 radical (unpaired) electrons. The maximum absolute atomic E-state index is 12.4. The molecule has 1 aromatic carbocycles. The molecule has 1 aromatic rings. The average Bonchev–Trinajstić information content (AvgIpc) is 2.91. The van der Waals surface area contributed by atoms with E-state index in [9.17, 15) is 19.8 Å². The number of hydrogen-bond acceptors (Lipinski definition) is 3. The summed E-state index contributed by atoms with van der Waals surface area (Å²) in [5, 5.41) is 18.7. The number of fused-ring (bicyclic) bond motifs is 1. The Kier molecular flexibility index (Phi) is 3.55. The number of hydrogen-bond donors (Lipinski definition) is 2. The van der Waals surface area contributed by atoms with Crippen LogP contribution in [0.5, 0.6) is 0 Å². The van der Waals surface area contributed by atoms with Crippen molar-refractivity contribution in [1.82, 2.24) is 9.80 Å². The summed E-state index contributed by atoms with van der Waals surface area (Å²) in [6, 6.07) is 5.13. The highest BCUT2D eigenvalue weighted by Crippen LogP contribution is 2.24. The van der Waals surface area contributed by atoms with E-state index in [4.69, 9.17) is 0 Å². The van der Waals surface area contributed by atoms with Crippen LogP contribution in [0.2, 0.25) is 0 Å². The van der Waals surface area contributed by atoms with Gasteiger partial charge in [-0.05, 0) is 30.0 Å². The summed E-state index contributed by atoms with van der Waals surface area (Å²) in [7, 11) is 0.